The Kier molecular flexibility index (Phi) is 4.66. The summed E-state index contributed by atoms with van der Waals surface area (Å²) in [6, 6.07) is 0.308. The van der Waals surface area contributed by atoms with Gasteiger partial charge in [-0.15, -0.1) is 0 Å². The molecule has 0 saturated carbocycles. The monoisotopic (exact) mass is 196 g/mol. The van der Waals surface area contributed by atoms with Crippen molar-refractivity contribution < 1.29 is 4.79 Å². The Balaban J connectivity index is 2.42. The molecule has 1 aliphatic heterocycles. The Morgan fingerprint density at radius 3 is 3.07 bits per heavy atom. The molecule has 1 unspecified atom stereocenters. The number of amides is 1. The van der Waals surface area contributed by atoms with Crippen LogP contribution in [0.25, 0.3) is 0 Å². The van der Waals surface area contributed by atoms with Gasteiger partial charge in [0, 0.05) is 12.6 Å². The number of nitrogens with one attached hydrogen (secondary N) is 1. The van der Waals surface area contributed by atoms with Gasteiger partial charge in [0.25, 0.3) is 0 Å². The summed E-state index contributed by atoms with van der Waals surface area (Å²) >= 11 is 0. The highest BCUT2D eigenvalue weighted by atomic mass is 16.1. The van der Waals surface area contributed by atoms with Crippen LogP contribution in [0.1, 0.15) is 26.2 Å². The van der Waals surface area contributed by atoms with Crippen LogP contribution in [-0.4, -0.2) is 36.5 Å². The van der Waals surface area contributed by atoms with Crippen LogP contribution in [-0.2, 0) is 4.79 Å². The van der Waals surface area contributed by atoms with E-state index in [2.05, 4.69) is 23.7 Å². The Hall–Kier alpha value is -0.830. The Morgan fingerprint density at radius 2 is 2.43 bits per heavy atom. The molecule has 14 heavy (non-hydrogen) atoms. The molecule has 0 spiro atoms. The fourth-order valence-electron chi connectivity index (χ4n) is 1.89. The summed E-state index contributed by atoms with van der Waals surface area (Å²) < 4.78 is 0. The fraction of sp³-hybridized carbons (Fsp3) is 0.727. The van der Waals surface area contributed by atoms with Gasteiger partial charge in [-0.1, -0.05) is 19.9 Å². The predicted molar refractivity (Wildman–Crippen MR) is 58.1 cm³/mol. The minimum atomic E-state index is -0.0482. The first-order valence-electron chi connectivity index (χ1n) is 5.41. The average molecular weight is 196 g/mol. The molecule has 1 amide bonds. The number of nitrogens with zero attached hydrogens (tertiary/aromatic N) is 1. The van der Waals surface area contributed by atoms with E-state index in [1.165, 1.54) is 18.9 Å². The van der Waals surface area contributed by atoms with Gasteiger partial charge in [0.15, 0.2) is 0 Å². The van der Waals surface area contributed by atoms with Crippen molar-refractivity contribution >= 4 is 5.91 Å². The number of carbonyl (C=O) groups is 1. The number of likely N-dealkylation sites (N-methyl/N-ethyl adjacent to an activating group) is 1. The molecule has 1 saturated heterocycles. The lowest BCUT2D eigenvalue weighted by molar-refractivity contribution is -0.117. The van der Waals surface area contributed by atoms with Crippen molar-refractivity contribution in [3.8, 4) is 0 Å². The van der Waals surface area contributed by atoms with Gasteiger partial charge >= 0.3 is 0 Å². The lowest BCUT2D eigenvalue weighted by Crippen LogP contribution is -2.41. The molecule has 1 fully saturated rings. The van der Waals surface area contributed by atoms with Crippen LogP contribution >= 0.6 is 0 Å². The third-order valence-corrected chi connectivity index (χ3v) is 2.73. The first kappa shape index (κ1) is 11.2. The van der Waals surface area contributed by atoms with E-state index in [4.69, 9.17) is 0 Å². The maximum absolute atomic E-state index is 11.1. The maximum atomic E-state index is 11.1. The summed E-state index contributed by atoms with van der Waals surface area (Å²) in [4.78, 5) is 13.5. The van der Waals surface area contributed by atoms with Crippen molar-refractivity contribution in [2.24, 2.45) is 0 Å². The summed E-state index contributed by atoms with van der Waals surface area (Å²) in [6.45, 7) is 8.84. The van der Waals surface area contributed by atoms with Gasteiger partial charge < -0.3 is 10.2 Å². The van der Waals surface area contributed by atoms with Gasteiger partial charge in [0.2, 0.25) is 5.91 Å². The van der Waals surface area contributed by atoms with Gasteiger partial charge in [-0.25, -0.2) is 0 Å². The smallest absolute Gasteiger partial charge is 0.243 e. The maximum Gasteiger partial charge on any atom is 0.243 e. The van der Waals surface area contributed by atoms with E-state index in [1.54, 1.807) is 0 Å². The van der Waals surface area contributed by atoms with Crippen molar-refractivity contribution in [1.29, 1.82) is 0 Å². The van der Waals surface area contributed by atoms with E-state index >= 15 is 0 Å². The van der Waals surface area contributed by atoms with Crippen molar-refractivity contribution in [3.05, 3.63) is 12.7 Å². The molecule has 3 nitrogen and oxygen atoms in total. The normalized spacial score (nSPS) is 23.9. The van der Waals surface area contributed by atoms with E-state index in [-0.39, 0.29) is 5.91 Å². The molecule has 1 rings (SSSR count). The SMILES string of the molecule is C=CC(=O)NC1CCCCN(CC)C1. The molecule has 0 aromatic rings. The molecule has 0 bridgehead atoms. The molecule has 1 N–H and O–H groups in total. The third kappa shape index (κ3) is 3.50. The molecule has 1 aliphatic rings. The minimum absolute atomic E-state index is 0.0482. The van der Waals surface area contributed by atoms with Crippen LogP contribution in [0, 0.1) is 0 Å². The second-order valence-electron chi connectivity index (χ2n) is 3.80. The van der Waals surface area contributed by atoms with E-state index < -0.39 is 0 Å². The highest BCUT2D eigenvalue weighted by Gasteiger charge is 2.17. The standard InChI is InChI=1S/C11H20N2O/c1-3-11(14)12-10-7-5-6-8-13(4-2)9-10/h3,10H,1,4-9H2,2H3,(H,12,14). The van der Waals surface area contributed by atoms with E-state index in [1.807, 2.05) is 0 Å². The van der Waals surface area contributed by atoms with Gasteiger partial charge in [-0.3, -0.25) is 4.79 Å². The molecule has 0 aromatic heterocycles. The second-order valence-corrected chi connectivity index (χ2v) is 3.80. The van der Waals surface area contributed by atoms with Crippen molar-refractivity contribution in [3.63, 3.8) is 0 Å². The lowest BCUT2D eigenvalue weighted by atomic mass is 10.1. The number of likely N-dealkylation sites (tertiary alicyclic amines) is 1. The molecule has 80 valence electrons. The van der Waals surface area contributed by atoms with Crippen molar-refractivity contribution in [2.45, 2.75) is 32.2 Å². The molecule has 3 heteroatoms. The van der Waals surface area contributed by atoms with Crippen LogP contribution in [0.2, 0.25) is 0 Å². The predicted octanol–water partition coefficient (Wildman–Crippen LogP) is 1.16. The third-order valence-electron chi connectivity index (χ3n) is 2.73. The largest absolute Gasteiger partial charge is 0.349 e. The number of carbonyl (C=O) groups excluding carboxylic acids is 1. The fourth-order valence-corrected chi connectivity index (χ4v) is 1.89. The number of rotatable bonds is 3. The van der Waals surface area contributed by atoms with Crippen LogP contribution in [0.3, 0.4) is 0 Å². The molecule has 0 aliphatic carbocycles. The molecule has 1 heterocycles. The van der Waals surface area contributed by atoms with E-state index in [9.17, 15) is 4.79 Å². The Bertz CT molecular complexity index is 203. The zero-order chi connectivity index (χ0) is 10.4. The topological polar surface area (TPSA) is 32.3 Å². The minimum Gasteiger partial charge on any atom is -0.349 e. The zero-order valence-electron chi connectivity index (χ0n) is 8.96. The van der Waals surface area contributed by atoms with Crippen molar-refractivity contribution in [2.75, 3.05) is 19.6 Å². The molecule has 0 radical (unpaired) electrons. The van der Waals surface area contributed by atoms with E-state index in [0.29, 0.717) is 6.04 Å². The average Bonchev–Trinajstić information content (AvgIpc) is 2.42. The van der Waals surface area contributed by atoms with Gasteiger partial charge in [-0.2, -0.15) is 0 Å². The molecular formula is C11H20N2O. The second kappa shape index (κ2) is 5.81. The van der Waals surface area contributed by atoms with Gasteiger partial charge in [-0.05, 0) is 32.0 Å². The number of hydrogen-bond acceptors (Lipinski definition) is 2. The summed E-state index contributed by atoms with van der Waals surface area (Å²) in [5.41, 5.74) is 0. The Morgan fingerprint density at radius 1 is 1.64 bits per heavy atom. The van der Waals surface area contributed by atoms with Gasteiger partial charge in [0.1, 0.15) is 0 Å². The van der Waals surface area contributed by atoms with Crippen LogP contribution in [0.5, 0.6) is 0 Å². The summed E-state index contributed by atoms with van der Waals surface area (Å²) in [5, 5.41) is 2.97. The summed E-state index contributed by atoms with van der Waals surface area (Å²) in [7, 11) is 0. The zero-order valence-corrected chi connectivity index (χ0v) is 8.96. The van der Waals surface area contributed by atoms with Crippen LogP contribution in [0.4, 0.5) is 0 Å². The lowest BCUT2D eigenvalue weighted by Gasteiger charge is -2.22. The van der Waals surface area contributed by atoms with Crippen LogP contribution in [0.15, 0.2) is 12.7 Å². The number of hydrogen-bond donors (Lipinski definition) is 1. The molecule has 1 atom stereocenters. The first-order valence-corrected chi connectivity index (χ1v) is 5.41. The summed E-state index contributed by atoms with van der Waals surface area (Å²) in [6.07, 6.45) is 4.89. The molecule has 0 aromatic carbocycles. The highest BCUT2D eigenvalue weighted by molar-refractivity contribution is 5.87. The van der Waals surface area contributed by atoms with E-state index in [0.717, 1.165) is 26.1 Å². The Labute approximate surface area is 86.2 Å². The quantitative estimate of drug-likeness (QED) is 0.687. The first-order chi connectivity index (χ1) is 6.76. The van der Waals surface area contributed by atoms with Crippen molar-refractivity contribution in [1.82, 2.24) is 10.2 Å². The summed E-state index contributed by atoms with van der Waals surface area (Å²) in [5.74, 6) is -0.0482. The molecular weight excluding hydrogens is 176 g/mol. The highest BCUT2D eigenvalue weighted by Crippen LogP contribution is 2.10. The van der Waals surface area contributed by atoms with Gasteiger partial charge in [0.05, 0.1) is 0 Å². The van der Waals surface area contributed by atoms with Crippen LogP contribution < -0.4 is 5.32 Å².